The second-order valence-corrected chi connectivity index (χ2v) is 9.69. The van der Waals surface area contributed by atoms with Crippen LogP contribution in [-0.4, -0.2) is 10.8 Å². The smallest absolute Gasteiger partial charge is 0.126 e. The van der Waals surface area contributed by atoms with Crippen LogP contribution in [0.5, 0.6) is 0 Å². The second kappa shape index (κ2) is 10.9. The van der Waals surface area contributed by atoms with Gasteiger partial charge in [0.05, 0.1) is 5.69 Å². The third-order valence-electron chi connectivity index (χ3n) is 5.94. The van der Waals surface area contributed by atoms with E-state index >= 15 is 0 Å². The van der Waals surface area contributed by atoms with Crippen molar-refractivity contribution in [2.75, 3.05) is 0 Å². The summed E-state index contributed by atoms with van der Waals surface area (Å²) in [5.41, 5.74) is 11.2. The number of fused-ring (bicyclic) bond motifs is 1. The number of thiazole rings is 1. The molecule has 0 saturated carbocycles. The summed E-state index contributed by atoms with van der Waals surface area (Å²) in [6.07, 6.45) is 8.52. The van der Waals surface area contributed by atoms with Crippen molar-refractivity contribution >= 4 is 17.1 Å². The monoisotopic (exact) mass is 433 g/mol. The highest BCUT2D eigenvalue weighted by molar-refractivity contribution is 7.13. The lowest BCUT2D eigenvalue weighted by Gasteiger charge is -2.10. The summed E-state index contributed by atoms with van der Waals surface area (Å²) in [6, 6.07) is 11.7. The average Bonchev–Trinajstić information content (AvgIpc) is 3.06. The van der Waals surface area contributed by atoms with E-state index in [1.807, 2.05) is 0 Å². The summed E-state index contributed by atoms with van der Waals surface area (Å²) in [7, 11) is 0. The van der Waals surface area contributed by atoms with Crippen LogP contribution in [0.1, 0.15) is 79.1 Å². The zero-order valence-corrected chi connectivity index (χ0v) is 20.5. The Morgan fingerprint density at radius 1 is 0.935 bits per heavy atom. The third kappa shape index (κ3) is 6.36. The van der Waals surface area contributed by atoms with Crippen molar-refractivity contribution in [1.29, 1.82) is 0 Å². The van der Waals surface area contributed by atoms with Crippen molar-refractivity contribution in [3.05, 3.63) is 74.8 Å². The van der Waals surface area contributed by atoms with Crippen LogP contribution in [0.15, 0.2) is 35.7 Å². The molecule has 4 rings (SSSR count). The van der Waals surface area contributed by atoms with E-state index < -0.39 is 0 Å². The van der Waals surface area contributed by atoms with Crippen LogP contribution in [-0.2, 0) is 30.5 Å². The van der Waals surface area contributed by atoms with Crippen molar-refractivity contribution in [3.8, 4) is 10.6 Å². The average molecular weight is 434 g/mol. The maximum absolute atomic E-state index is 9.44. The molecular formula is C28H35NOS. The predicted octanol–water partition coefficient (Wildman–Crippen LogP) is 7.44. The Labute approximate surface area is 191 Å². The molecule has 2 nitrogen and oxygen atoms in total. The van der Waals surface area contributed by atoms with Gasteiger partial charge in [-0.05, 0) is 99.2 Å². The molecule has 0 unspecified atom stereocenters. The van der Waals surface area contributed by atoms with E-state index in [2.05, 4.69) is 56.5 Å². The molecule has 0 radical (unpaired) electrons. The van der Waals surface area contributed by atoms with Gasteiger partial charge in [-0.15, -0.1) is 11.3 Å². The molecule has 0 atom stereocenters. The summed E-state index contributed by atoms with van der Waals surface area (Å²) < 4.78 is 0. The van der Waals surface area contributed by atoms with Gasteiger partial charge in [0.25, 0.3) is 0 Å². The fourth-order valence-corrected chi connectivity index (χ4v) is 5.10. The molecule has 0 fully saturated rings. The van der Waals surface area contributed by atoms with Gasteiger partial charge >= 0.3 is 0 Å². The zero-order chi connectivity index (χ0) is 22.4. The zero-order valence-electron chi connectivity index (χ0n) is 19.7. The summed E-state index contributed by atoms with van der Waals surface area (Å²) >= 11 is 1.79. The molecule has 0 aliphatic heterocycles. The molecule has 2 aromatic carbocycles. The minimum atomic E-state index is 0.167. The number of carbonyl (C=O) groups excluding carboxylic acids is 1. The topological polar surface area (TPSA) is 30.0 Å². The lowest BCUT2D eigenvalue weighted by Crippen LogP contribution is -1.97. The van der Waals surface area contributed by atoms with E-state index in [1.54, 1.807) is 22.5 Å². The van der Waals surface area contributed by atoms with Crippen molar-refractivity contribution in [2.24, 2.45) is 0 Å². The third-order valence-corrected chi connectivity index (χ3v) is 6.88. The molecule has 0 N–H and O–H groups in total. The normalized spacial score (nSPS) is 13.1. The Balaban J connectivity index is 0.000000628. The van der Waals surface area contributed by atoms with E-state index in [4.69, 9.17) is 4.98 Å². The second-order valence-electron chi connectivity index (χ2n) is 8.83. The molecular weight excluding hydrogens is 398 g/mol. The maximum atomic E-state index is 9.44. The minimum absolute atomic E-state index is 0.167. The highest BCUT2D eigenvalue weighted by atomic mass is 32.1. The van der Waals surface area contributed by atoms with Gasteiger partial charge in [-0.2, -0.15) is 0 Å². The molecule has 3 heteroatoms. The molecule has 164 valence electrons. The number of rotatable bonds is 4. The first-order valence-electron chi connectivity index (χ1n) is 11.5. The molecule has 1 aliphatic carbocycles. The highest BCUT2D eigenvalue weighted by Gasteiger charge is 2.12. The Kier molecular flexibility index (Phi) is 8.20. The highest BCUT2D eigenvalue weighted by Crippen LogP contribution is 2.30. The van der Waals surface area contributed by atoms with Crippen molar-refractivity contribution < 1.29 is 4.79 Å². The van der Waals surface area contributed by atoms with Gasteiger partial charge in [-0.3, -0.25) is 0 Å². The number of Topliss-reactive ketones (excluding diaryl/α,β-unsaturated/α-hetero) is 1. The Hall–Kier alpha value is -2.26. The van der Waals surface area contributed by atoms with E-state index in [1.165, 1.54) is 79.5 Å². The van der Waals surface area contributed by atoms with Gasteiger partial charge in [0.15, 0.2) is 0 Å². The lowest BCUT2D eigenvalue weighted by atomic mass is 9.96. The van der Waals surface area contributed by atoms with E-state index in [-0.39, 0.29) is 5.78 Å². The Morgan fingerprint density at radius 3 is 2.32 bits per heavy atom. The molecule has 0 spiro atoms. The minimum Gasteiger partial charge on any atom is -0.300 e. The number of ketones is 1. The maximum Gasteiger partial charge on any atom is 0.126 e. The van der Waals surface area contributed by atoms with Crippen LogP contribution >= 0.6 is 11.3 Å². The Morgan fingerprint density at radius 2 is 1.61 bits per heavy atom. The van der Waals surface area contributed by atoms with Crippen LogP contribution < -0.4 is 0 Å². The number of hydrogen-bond acceptors (Lipinski definition) is 3. The number of carbonyl (C=O) groups is 1. The lowest BCUT2D eigenvalue weighted by molar-refractivity contribution is -0.114. The molecule has 0 bridgehead atoms. The molecule has 1 aliphatic rings. The quantitative estimate of drug-likeness (QED) is 0.400. The van der Waals surface area contributed by atoms with Crippen molar-refractivity contribution in [1.82, 2.24) is 4.98 Å². The summed E-state index contributed by atoms with van der Waals surface area (Å²) in [4.78, 5) is 14.4. The van der Waals surface area contributed by atoms with Gasteiger partial charge in [0.2, 0.25) is 0 Å². The van der Waals surface area contributed by atoms with E-state index in [9.17, 15) is 4.79 Å². The van der Waals surface area contributed by atoms with E-state index in [0.717, 1.165) is 17.8 Å². The van der Waals surface area contributed by atoms with Crippen LogP contribution in [0.3, 0.4) is 0 Å². The first-order valence-corrected chi connectivity index (χ1v) is 12.4. The molecule has 3 aromatic rings. The summed E-state index contributed by atoms with van der Waals surface area (Å²) in [5, 5.41) is 3.41. The van der Waals surface area contributed by atoms with Crippen LogP contribution in [0, 0.1) is 13.8 Å². The van der Waals surface area contributed by atoms with Gasteiger partial charge in [0, 0.05) is 17.4 Å². The fourth-order valence-electron chi connectivity index (χ4n) is 4.28. The van der Waals surface area contributed by atoms with Gasteiger partial charge in [-0.25, -0.2) is 4.98 Å². The van der Waals surface area contributed by atoms with Crippen molar-refractivity contribution in [2.45, 2.75) is 79.6 Å². The summed E-state index contributed by atoms with van der Waals surface area (Å²) in [5.74, 6) is 0.167. The van der Waals surface area contributed by atoms with Crippen molar-refractivity contribution in [3.63, 3.8) is 0 Å². The number of nitrogens with zero attached hydrogens (tertiary/aromatic N) is 1. The van der Waals surface area contributed by atoms with Crippen LogP contribution in [0.4, 0.5) is 0 Å². The molecule has 1 aromatic heterocycles. The number of hydrogen-bond donors (Lipinski definition) is 0. The number of aromatic nitrogens is 1. The largest absolute Gasteiger partial charge is 0.300 e. The molecule has 0 saturated heterocycles. The number of aryl methyl sites for hydroxylation is 5. The molecule has 0 amide bonds. The van der Waals surface area contributed by atoms with Gasteiger partial charge < -0.3 is 4.79 Å². The van der Waals surface area contributed by atoms with Gasteiger partial charge in [-0.1, -0.05) is 37.6 Å². The standard InChI is InChI=1S/C25H29NS.C3H6O/c1-4-19-13-23(18(3)12-17(19)2)15-24-16-27-25(26-24)22-11-10-20-8-6-5-7-9-21(20)14-22;1-3(2)4/h10-14,16H,4-9,15H2,1-3H3;1-2H3. The van der Waals surface area contributed by atoms with Gasteiger partial charge in [0.1, 0.15) is 10.8 Å². The SMILES string of the molecule is CC(C)=O.CCc1cc(Cc2csc(-c3ccc4c(c3)CCCCC4)n2)c(C)cc1C. The molecule has 31 heavy (non-hydrogen) atoms. The number of benzene rings is 2. The van der Waals surface area contributed by atoms with E-state index in [0.29, 0.717) is 0 Å². The molecule has 1 heterocycles. The summed E-state index contributed by atoms with van der Waals surface area (Å²) in [6.45, 7) is 9.73. The fraction of sp³-hybridized carbons (Fsp3) is 0.429. The predicted molar refractivity (Wildman–Crippen MR) is 133 cm³/mol. The van der Waals surface area contributed by atoms with Crippen LogP contribution in [0.2, 0.25) is 0 Å². The van der Waals surface area contributed by atoms with Crippen LogP contribution in [0.25, 0.3) is 10.6 Å². The Bertz CT molecular complexity index is 1040. The first-order chi connectivity index (χ1) is 14.9. The first kappa shape index (κ1) is 23.4.